The summed E-state index contributed by atoms with van der Waals surface area (Å²) in [7, 11) is 4.07. The second-order valence-corrected chi connectivity index (χ2v) is 9.07. The van der Waals surface area contributed by atoms with Crippen molar-refractivity contribution in [2.24, 2.45) is 0 Å². The van der Waals surface area contributed by atoms with Crippen molar-refractivity contribution >= 4 is 38.9 Å². The number of aromatic nitrogens is 4. The minimum Gasteiger partial charge on any atom is -0.378 e. The van der Waals surface area contributed by atoms with Crippen LogP contribution in [0.15, 0.2) is 42.9 Å². The highest BCUT2D eigenvalue weighted by Gasteiger charge is 2.17. The summed E-state index contributed by atoms with van der Waals surface area (Å²) in [4.78, 5) is 22.2. The van der Waals surface area contributed by atoms with E-state index in [0.717, 1.165) is 54.4 Å². The number of morpholine rings is 1. The van der Waals surface area contributed by atoms with Crippen molar-refractivity contribution in [3.05, 3.63) is 54.4 Å². The van der Waals surface area contributed by atoms with Gasteiger partial charge >= 0.3 is 0 Å². The summed E-state index contributed by atoms with van der Waals surface area (Å²) in [5.41, 5.74) is 3.32. The Morgan fingerprint density at radius 1 is 1.12 bits per heavy atom. The molecule has 5 heterocycles. The Labute approximate surface area is 195 Å². The summed E-state index contributed by atoms with van der Waals surface area (Å²) < 4.78 is 20.5. The van der Waals surface area contributed by atoms with E-state index in [9.17, 15) is 4.39 Å². The molecule has 0 unspecified atom stereocenters. The molecule has 1 aliphatic rings. The van der Waals surface area contributed by atoms with Gasteiger partial charge in [0.2, 0.25) is 0 Å². The number of rotatable bonds is 6. The first-order valence-electron chi connectivity index (χ1n) is 10.7. The average Bonchev–Trinajstić information content (AvgIpc) is 3.23. The third-order valence-electron chi connectivity index (χ3n) is 5.30. The maximum atomic E-state index is 14.1. The lowest BCUT2D eigenvalue weighted by atomic mass is 10.2. The third kappa shape index (κ3) is 4.77. The Kier molecular flexibility index (Phi) is 6.12. The molecule has 0 saturated carbocycles. The first-order chi connectivity index (χ1) is 16.1. The zero-order chi connectivity index (χ0) is 22.8. The number of nitrogens with zero attached hydrogens (tertiary/aromatic N) is 6. The van der Waals surface area contributed by atoms with Crippen molar-refractivity contribution in [2.45, 2.75) is 6.54 Å². The largest absolute Gasteiger partial charge is 0.378 e. The first kappa shape index (κ1) is 21.6. The highest BCUT2D eigenvalue weighted by Crippen LogP contribution is 2.32. The van der Waals surface area contributed by atoms with Gasteiger partial charge in [0.15, 0.2) is 5.82 Å². The molecule has 0 aliphatic carbocycles. The highest BCUT2D eigenvalue weighted by molar-refractivity contribution is 7.21. The molecule has 0 spiro atoms. The van der Waals surface area contributed by atoms with E-state index in [-0.39, 0.29) is 5.82 Å². The minimum atomic E-state index is -0.388. The molecule has 4 aromatic rings. The van der Waals surface area contributed by atoms with Gasteiger partial charge in [0.25, 0.3) is 0 Å². The van der Waals surface area contributed by atoms with Gasteiger partial charge in [0.1, 0.15) is 16.6 Å². The fourth-order valence-corrected chi connectivity index (χ4v) is 4.71. The van der Waals surface area contributed by atoms with Crippen LogP contribution in [0.5, 0.6) is 0 Å². The van der Waals surface area contributed by atoms with Crippen molar-refractivity contribution in [1.29, 1.82) is 0 Å². The monoisotopic (exact) mass is 465 g/mol. The standard InChI is InChI=1S/C23H24FN7OS/c1-30(2)14-18-19(31-7-9-32-10-8-31)3-4-21(27-18)29-22-11-17-20(13-26-22)33-23(28-17)15-5-6-25-12-16(15)24/h3-6,11-13H,7-10,14H2,1-2H3,(H,26,27,29). The highest BCUT2D eigenvalue weighted by atomic mass is 32.1. The predicted molar refractivity (Wildman–Crippen MR) is 129 cm³/mol. The summed E-state index contributed by atoms with van der Waals surface area (Å²) in [5.74, 6) is 0.962. The molecule has 0 radical (unpaired) electrons. The van der Waals surface area contributed by atoms with Crippen LogP contribution in [0.3, 0.4) is 0 Å². The molecule has 1 N–H and O–H groups in total. The van der Waals surface area contributed by atoms with Gasteiger partial charge in [-0.3, -0.25) is 4.98 Å². The van der Waals surface area contributed by atoms with Crippen LogP contribution in [0, 0.1) is 5.82 Å². The molecule has 0 aromatic carbocycles. The molecule has 0 atom stereocenters. The SMILES string of the molecule is CN(C)Cc1nc(Nc2cc3nc(-c4ccncc4F)sc3cn2)ccc1N1CCOCC1. The predicted octanol–water partition coefficient (Wildman–Crippen LogP) is 3.93. The molecule has 0 bridgehead atoms. The summed E-state index contributed by atoms with van der Waals surface area (Å²) in [6, 6.07) is 7.56. The Balaban J connectivity index is 1.42. The van der Waals surface area contributed by atoms with Gasteiger partial charge < -0.3 is 19.9 Å². The van der Waals surface area contributed by atoms with E-state index >= 15 is 0 Å². The molecule has 1 fully saturated rings. The maximum Gasteiger partial charge on any atom is 0.151 e. The molecule has 1 saturated heterocycles. The molecule has 10 heteroatoms. The third-order valence-corrected chi connectivity index (χ3v) is 6.34. The molecule has 5 rings (SSSR count). The van der Waals surface area contributed by atoms with Crippen LogP contribution in [-0.2, 0) is 11.3 Å². The summed E-state index contributed by atoms with van der Waals surface area (Å²) in [6.45, 7) is 3.89. The van der Waals surface area contributed by atoms with Gasteiger partial charge in [-0.15, -0.1) is 11.3 Å². The number of halogens is 1. The quantitative estimate of drug-likeness (QED) is 0.459. The van der Waals surface area contributed by atoms with E-state index < -0.39 is 0 Å². The smallest absolute Gasteiger partial charge is 0.151 e. The van der Waals surface area contributed by atoms with Gasteiger partial charge in [0.05, 0.1) is 41.0 Å². The van der Waals surface area contributed by atoms with E-state index in [1.54, 1.807) is 18.5 Å². The van der Waals surface area contributed by atoms with Crippen LogP contribution in [0.25, 0.3) is 20.8 Å². The summed E-state index contributed by atoms with van der Waals surface area (Å²) in [5, 5.41) is 3.90. The Morgan fingerprint density at radius 2 is 1.97 bits per heavy atom. The molecule has 1 aliphatic heterocycles. The molecule has 4 aromatic heterocycles. The van der Waals surface area contributed by atoms with Crippen molar-refractivity contribution < 1.29 is 9.13 Å². The van der Waals surface area contributed by atoms with E-state index in [4.69, 9.17) is 9.72 Å². The van der Waals surface area contributed by atoms with Crippen molar-refractivity contribution in [3.63, 3.8) is 0 Å². The Bertz CT molecular complexity index is 1270. The molecular formula is C23H24FN7OS. The molecule has 0 amide bonds. The van der Waals surface area contributed by atoms with Gasteiger partial charge in [-0.25, -0.2) is 19.3 Å². The van der Waals surface area contributed by atoms with E-state index in [1.165, 1.54) is 17.5 Å². The summed E-state index contributed by atoms with van der Waals surface area (Å²) in [6.07, 6.45) is 4.51. The van der Waals surface area contributed by atoms with Crippen LogP contribution >= 0.6 is 11.3 Å². The van der Waals surface area contributed by atoms with Crippen molar-refractivity contribution in [2.75, 3.05) is 50.6 Å². The van der Waals surface area contributed by atoms with Crippen molar-refractivity contribution in [3.8, 4) is 10.6 Å². The second kappa shape index (κ2) is 9.34. The first-order valence-corrected chi connectivity index (χ1v) is 11.5. The van der Waals surface area contributed by atoms with E-state index in [0.29, 0.717) is 22.2 Å². The average molecular weight is 466 g/mol. The van der Waals surface area contributed by atoms with Gasteiger partial charge in [-0.1, -0.05) is 0 Å². The van der Waals surface area contributed by atoms with Crippen LogP contribution < -0.4 is 10.2 Å². The maximum absolute atomic E-state index is 14.1. The second-order valence-electron chi connectivity index (χ2n) is 8.04. The van der Waals surface area contributed by atoms with Crippen LogP contribution in [0.1, 0.15) is 5.69 Å². The number of hydrogen-bond donors (Lipinski definition) is 1. The number of pyridine rings is 3. The fourth-order valence-electron chi connectivity index (χ4n) is 3.77. The number of nitrogens with one attached hydrogen (secondary N) is 1. The number of anilines is 3. The molecule has 170 valence electrons. The van der Waals surface area contributed by atoms with Gasteiger partial charge in [0, 0.05) is 43.7 Å². The molecule has 33 heavy (non-hydrogen) atoms. The number of fused-ring (bicyclic) bond motifs is 1. The Hall–Kier alpha value is -3.21. The van der Waals surface area contributed by atoms with Crippen molar-refractivity contribution in [1.82, 2.24) is 24.8 Å². The zero-order valence-corrected chi connectivity index (χ0v) is 19.3. The topological polar surface area (TPSA) is 79.3 Å². The number of hydrogen-bond acceptors (Lipinski definition) is 9. The lowest BCUT2D eigenvalue weighted by molar-refractivity contribution is 0.122. The molecule has 8 nitrogen and oxygen atoms in total. The number of ether oxygens (including phenoxy) is 1. The van der Waals surface area contributed by atoms with E-state index in [1.807, 2.05) is 26.2 Å². The van der Waals surface area contributed by atoms with Crippen LogP contribution in [-0.4, -0.2) is 65.2 Å². The van der Waals surface area contributed by atoms with Gasteiger partial charge in [-0.05, 0) is 32.3 Å². The molecular weight excluding hydrogens is 441 g/mol. The fraction of sp³-hybridized carbons (Fsp3) is 0.304. The number of thiazole rings is 1. The van der Waals surface area contributed by atoms with Crippen LogP contribution in [0.4, 0.5) is 21.7 Å². The lowest BCUT2D eigenvalue weighted by Gasteiger charge is -2.31. The minimum absolute atomic E-state index is 0.388. The van der Waals surface area contributed by atoms with Crippen LogP contribution in [0.2, 0.25) is 0 Å². The Morgan fingerprint density at radius 3 is 2.76 bits per heavy atom. The zero-order valence-electron chi connectivity index (χ0n) is 18.5. The normalized spacial score (nSPS) is 14.2. The van der Waals surface area contributed by atoms with Gasteiger partial charge in [-0.2, -0.15) is 0 Å². The summed E-state index contributed by atoms with van der Waals surface area (Å²) >= 11 is 1.40. The lowest BCUT2D eigenvalue weighted by Crippen LogP contribution is -2.37. The van der Waals surface area contributed by atoms with E-state index in [2.05, 4.69) is 36.1 Å².